The molecular formula is C25H47NO9. The topological polar surface area (TPSA) is 128 Å². The smallest absolute Gasteiger partial charge is 0.202 e. The standard InChI is InChI=1S/C25H47NO9/c1-14-12-25(33-9,35-16(3)15(14)2)21(28)22(29)26-23(32-8)18-11-19(27)24(4,5)20(34-18)10-17(31-7)13-30-6/h15-23,26-29H,1,10-13H2,2-9H3. The Morgan fingerprint density at radius 3 is 2.31 bits per heavy atom. The van der Waals surface area contributed by atoms with Gasteiger partial charge in [-0.2, -0.15) is 0 Å². The summed E-state index contributed by atoms with van der Waals surface area (Å²) in [5.41, 5.74) is 0.327. The van der Waals surface area contributed by atoms with Crippen molar-refractivity contribution in [2.45, 2.75) is 102 Å². The largest absolute Gasteiger partial charge is 0.392 e. The van der Waals surface area contributed by atoms with Crippen LogP contribution in [0.2, 0.25) is 0 Å². The SMILES string of the molecule is C=C1CC(OC)(C(O)C(O)NC(OC)C2CC(O)C(C)(C)C(CC(COC)OC)O2)OC(C)C1C. The van der Waals surface area contributed by atoms with Gasteiger partial charge in [-0.3, -0.25) is 5.32 Å². The van der Waals surface area contributed by atoms with E-state index in [9.17, 15) is 15.3 Å². The molecule has 0 aromatic carbocycles. The number of aliphatic hydroxyl groups excluding tert-OH is 3. The van der Waals surface area contributed by atoms with Gasteiger partial charge < -0.3 is 43.7 Å². The van der Waals surface area contributed by atoms with Crippen molar-refractivity contribution in [3.8, 4) is 0 Å². The molecule has 10 nitrogen and oxygen atoms in total. The molecule has 0 saturated carbocycles. The van der Waals surface area contributed by atoms with Crippen molar-refractivity contribution in [2.75, 3.05) is 35.0 Å². The molecule has 0 spiro atoms. The maximum absolute atomic E-state index is 11.1. The van der Waals surface area contributed by atoms with Crippen LogP contribution in [-0.2, 0) is 28.4 Å². The van der Waals surface area contributed by atoms with E-state index in [1.807, 2.05) is 27.7 Å². The number of hydrogen-bond donors (Lipinski definition) is 4. The molecule has 0 bridgehead atoms. The number of aliphatic hydroxyl groups is 3. The van der Waals surface area contributed by atoms with Gasteiger partial charge in [0.15, 0.2) is 0 Å². The van der Waals surface area contributed by atoms with Gasteiger partial charge in [-0.05, 0) is 6.92 Å². The molecule has 2 fully saturated rings. The Labute approximate surface area is 209 Å². The zero-order chi connectivity index (χ0) is 26.6. The molecule has 0 aromatic heterocycles. The molecular weight excluding hydrogens is 458 g/mol. The van der Waals surface area contributed by atoms with Crippen molar-refractivity contribution in [1.29, 1.82) is 0 Å². The highest BCUT2D eigenvalue weighted by atomic mass is 16.7. The van der Waals surface area contributed by atoms with E-state index in [1.165, 1.54) is 14.2 Å². The fourth-order valence-corrected chi connectivity index (χ4v) is 4.90. The zero-order valence-corrected chi connectivity index (χ0v) is 22.5. The maximum atomic E-state index is 11.1. The van der Waals surface area contributed by atoms with E-state index < -0.39 is 42.0 Å². The molecule has 2 heterocycles. The molecule has 2 saturated heterocycles. The minimum absolute atomic E-state index is 0.0914. The lowest BCUT2D eigenvalue weighted by Gasteiger charge is -2.49. The van der Waals surface area contributed by atoms with Crippen molar-refractivity contribution in [3.05, 3.63) is 12.2 Å². The van der Waals surface area contributed by atoms with Crippen molar-refractivity contribution in [2.24, 2.45) is 11.3 Å². The summed E-state index contributed by atoms with van der Waals surface area (Å²) < 4.78 is 34.3. The Balaban J connectivity index is 2.15. The minimum Gasteiger partial charge on any atom is -0.392 e. The first-order chi connectivity index (χ1) is 16.4. The Morgan fingerprint density at radius 2 is 1.80 bits per heavy atom. The van der Waals surface area contributed by atoms with Crippen LogP contribution in [0.3, 0.4) is 0 Å². The number of ether oxygens (including phenoxy) is 6. The number of methoxy groups -OCH3 is 4. The molecule has 206 valence electrons. The Hall–Kier alpha value is -0.660. The molecule has 10 unspecified atom stereocenters. The van der Waals surface area contributed by atoms with Crippen LogP contribution in [-0.4, -0.2) is 105 Å². The Morgan fingerprint density at radius 1 is 1.14 bits per heavy atom. The molecule has 35 heavy (non-hydrogen) atoms. The molecule has 0 aliphatic carbocycles. The molecule has 2 aliphatic rings. The second kappa shape index (κ2) is 12.7. The van der Waals surface area contributed by atoms with Gasteiger partial charge in [-0.15, -0.1) is 0 Å². The van der Waals surface area contributed by atoms with Crippen LogP contribution in [0, 0.1) is 11.3 Å². The van der Waals surface area contributed by atoms with E-state index in [-0.39, 0.29) is 37.1 Å². The van der Waals surface area contributed by atoms with Gasteiger partial charge in [0.1, 0.15) is 18.6 Å². The van der Waals surface area contributed by atoms with Gasteiger partial charge in [0.2, 0.25) is 5.79 Å². The maximum Gasteiger partial charge on any atom is 0.202 e. The van der Waals surface area contributed by atoms with Crippen molar-refractivity contribution in [3.63, 3.8) is 0 Å². The van der Waals surface area contributed by atoms with Crippen LogP contribution in [0.25, 0.3) is 0 Å². The third-order valence-corrected chi connectivity index (χ3v) is 7.87. The third kappa shape index (κ3) is 6.81. The van der Waals surface area contributed by atoms with Crippen LogP contribution in [0.1, 0.15) is 47.0 Å². The molecule has 2 aliphatic heterocycles. The van der Waals surface area contributed by atoms with Crippen molar-refractivity contribution in [1.82, 2.24) is 5.32 Å². The molecule has 0 aromatic rings. The summed E-state index contributed by atoms with van der Waals surface area (Å²) in [4.78, 5) is 0. The second-order valence-electron chi connectivity index (χ2n) is 10.5. The number of nitrogens with one attached hydrogen (secondary N) is 1. The quantitative estimate of drug-likeness (QED) is 0.227. The first-order valence-corrected chi connectivity index (χ1v) is 12.3. The fraction of sp³-hybridized carbons (Fsp3) is 0.920. The molecule has 0 radical (unpaired) electrons. The van der Waals surface area contributed by atoms with Crippen molar-refractivity contribution < 1.29 is 43.7 Å². The number of rotatable bonds is 12. The summed E-state index contributed by atoms with van der Waals surface area (Å²) in [6.07, 6.45) is -4.85. The molecule has 10 heteroatoms. The van der Waals surface area contributed by atoms with E-state index in [4.69, 9.17) is 28.4 Å². The summed E-state index contributed by atoms with van der Waals surface area (Å²) in [7, 11) is 6.12. The lowest BCUT2D eigenvalue weighted by Crippen LogP contribution is -2.64. The van der Waals surface area contributed by atoms with E-state index in [1.54, 1.807) is 14.2 Å². The van der Waals surface area contributed by atoms with E-state index in [0.717, 1.165) is 5.57 Å². The Bertz CT molecular complexity index is 677. The fourth-order valence-electron chi connectivity index (χ4n) is 4.90. The van der Waals surface area contributed by atoms with Gasteiger partial charge >= 0.3 is 0 Å². The van der Waals surface area contributed by atoms with Crippen LogP contribution >= 0.6 is 0 Å². The summed E-state index contributed by atoms with van der Waals surface area (Å²) in [6.45, 7) is 12.3. The van der Waals surface area contributed by atoms with Crippen molar-refractivity contribution >= 4 is 0 Å². The summed E-state index contributed by atoms with van der Waals surface area (Å²) in [6, 6.07) is 0. The average molecular weight is 506 g/mol. The summed E-state index contributed by atoms with van der Waals surface area (Å²) in [5.74, 6) is -1.37. The van der Waals surface area contributed by atoms with E-state index in [0.29, 0.717) is 13.0 Å². The van der Waals surface area contributed by atoms with Gasteiger partial charge in [0.05, 0.1) is 37.1 Å². The highest BCUT2D eigenvalue weighted by molar-refractivity contribution is 5.11. The third-order valence-electron chi connectivity index (χ3n) is 7.87. The summed E-state index contributed by atoms with van der Waals surface area (Å²) >= 11 is 0. The van der Waals surface area contributed by atoms with Crippen LogP contribution in [0.4, 0.5) is 0 Å². The average Bonchev–Trinajstić information content (AvgIpc) is 2.82. The van der Waals surface area contributed by atoms with E-state index in [2.05, 4.69) is 11.9 Å². The lowest BCUT2D eigenvalue weighted by molar-refractivity contribution is -0.321. The van der Waals surface area contributed by atoms with Gasteiger partial charge in [-0.25, -0.2) is 0 Å². The monoisotopic (exact) mass is 505 g/mol. The van der Waals surface area contributed by atoms with Gasteiger partial charge in [-0.1, -0.05) is 32.9 Å². The van der Waals surface area contributed by atoms with Crippen LogP contribution in [0.15, 0.2) is 12.2 Å². The highest BCUT2D eigenvalue weighted by Gasteiger charge is 2.51. The second-order valence-corrected chi connectivity index (χ2v) is 10.5. The molecule has 0 amide bonds. The van der Waals surface area contributed by atoms with Gasteiger partial charge in [0.25, 0.3) is 0 Å². The predicted molar refractivity (Wildman–Crippen MR) is 130 cm³/mol. The van der Waals surface area contributed by atoms with E-state index >= 15 is 0 Å². The van der Waals surface area contributed by atoms with Crippen LogP contribution in [0.5, 0.6) is 0 Å². The zero-order valence-electron chi connectivity index (χ0n) is 22.5. The molecule has 2 rings (SSSR count). The normalized spacial score (nSPS) is 37.0. The van der Waals surface area contributed by atoms with Gasteiger partial charge in [0, 0.05) is 59.0 Å². The number of hydrogen-bond acceptors (Lipinski definition) is 10. The first kappa shape index (κ1) is 30.6. The minimum atomic E-state index is -1.47. The molecule has 10 atom stereocenters. The predicted octanol–water partition coefficient (Wildman–Crippen LogP) is 1.17. The first-order valence-electron chi connectivity index (χ1n) is 12.3. The highest BCUT2D eigenvalue weighted by Crippen LogP contribution is 2.41. The molecule has 4 N–H and O–H groups in total. The summed E-state index contributed by atoms with van der Waals surface area (Å²) in [5, 5.41) is 35.9. The van der Waals surface area contributed by atoms with Crippen LogP contribution < -0.4 is 5.32 Å². The lowest BCUT2D eigenvalue weighted by atomic mass is 9.74. The Kier molecular flexibility index (Phi) is 11.1.